The first-order chi connectivity index (χ1) is 16.2. The van der Waals surface area contributed by atoms with Crippen molar-refractivity contribution in [2.24, 2.45) is 11.3 Å². The maximum atomic E-state index is 6.15. The Bertz CT molecular complexity index is 825. The minimum Gasteiger partial charge on any atom is -0.490 e. The van der Waals surface area contributed by atoms with E-state index in [-0.39, 0.29) is 5.41 Å². The molecule has 0 aliphatic heterocycles. The second-order valence-corrected chi connectivity index (χ2v) is 10.4. The molecule has 1 unspecified atom stereocenters. The Hall–Kier alpha value is -2.08. The van der Waals surface area contributed by atoms with Crippen molar-refractivity contribution < 1.29 is 23.7 Å². The molecule has 0 aliphatic rings. The van der Waals surface area contributed by atoms with Gasteiger partial charge in [0.15, 0.2) is 0 Å². The van der Waals surface area contributed by atoms with E-state index in [4.69, 9.17) is 23.7 Å². The molecule has 0 saturated carbocycles. The largest absolute Gasteiger partial charge is 0.490 e. The first-order valence-corrected chi connectivity index (χ1v) is 12.2. The molecule has 0 heterocycles. The van der Waals surface area contributed by atoms with Gasteiger partial charge in [-0.3, -0.25) is 0 Å². The molecule has 2 aromatic carbocycles. The monoisotopic (exact) mass is 472 g/mol. The lowest BCUT2D eigenvalue weighted by Crippen LogP contribution is -2.20. The van der Waals surface area contributed by atoms with E-state index in [1.807, 2.05) is 0 Å². The van der Waals surface area contributed by atoms with Gasteiger partial charge in [0.1, 0.15) is 24.7 Å². The normalized spacial score (nSPS) is 12.7. The molecular formula is C29H44O5. The lowest BCUT2D eigenvalue weighted by molar-refractivity contribution is 0.161. The second-order valence-electron chi connectivity index (χ2n) is 10.4. The number of methoxy groups -OCH3 is 3. The minimum absolute atomic E-state index is 0.221. The van der Waals surface area contributed by atoms with Crippen LogP contribution < -0.4 is 9.47 Å². The molecule has 0 aromatic heterocycles. The number of benzene rings is 2. The third-order valence-electron chi connectivity index (χ3n) is 5.85. The lowest BCUT2D eigenvalue weighted by atomic mass is 9.72. The summed E-state index contributed by atoms with van der Waals surface area (Å²) in [5.74, 6) is 2.83. The molecule has 5 nitrogen and oxygen atoms in total. The highest BCUT2D eigenvalue weighted by atomic mass is 16.5. The van der Waals surface area contributed by atoms with E-state index in [2.05, 4.69) is 71.0 Å². The minimum atomic E-state index is 0.221. The van der Waals surface area contributed by atoms with Crippen LogP contribution in [0.2, 0.25) is 0 Å². The van der Waals surface area contributed by atoms with Crippen molar-refractivity contribution in [2.75, 3.05) is 34.5 Å². The smallest absolute Gasteiger partial charge is 0.130 e. The van der Waals surface area contributed by atoms with Crippen LogP contribution in [0.15, 0.2) is 36.4 Å². The van der Waals surface area contributed by atoms with Crippen LogP contribution in [0.1, 0.15) is 69.2 Å². The Morgan fingerprint density at radius 3 is 1.74 bits per heavy atom. The predicted molar refractivity (Wildman–Crippen MR) is 138 cm³/mol. The maximum absolute atomic E-state index is 6.15. The van der Waals surface area contributed by atoms with Crippen molar-refractivity contribution in [2.45, 2.75) is 66.8 Å². The van der Waals surface area contributed by atoms with Gasteiger partial charge in [-0.25, -0.2) is 0 Å². The van der Waals surface area contributed by atoms with Gasteiger partial charge >= 0.3 is 0 Å². The lowest BCUT2D eigenvalue weighted by Gasteiger charge is -2.32. The Labute approximate surface area is 206 Å². The molecular weight excluding hydrogens is 428 g/mol. The van der Waals surface area contributed by atoms with Gasteiger partial charge in [-0.1, -0.05) is 46.8 Å². The fourth-order valence-electron chi connectivity index (χ4n) is 4.35. The zero-order valence-corrected chi connectivity index (χ0v) is 22.4. The van der Waals surface area contributed by atoms with Gasteiger partial charge in [-0.2, -0.15) is 0 Å². The molecule has 2 aromatic rings. The van der Waals surface area contributed by atoms with Gasteiger partial charge in [0.2, 0.25) is 0 Å². The summed E-state index contributed by atoms with van der Waals surface area (Å²) in [6, 6.07) is 12.7. The van der Waals surface area contributed by atoms with E-state index < -0.39 is 0 Å². The number of rotatable bonds is 14. The van der Waals surface area contributed by atoms with E-state index in [1.165, 1.54) is 12.0 Å². The van der Waals surface area contributed by atoms with Crippen LogP contribution in [0.4, 0.5) is 0 Å². The SMILES string of the molecule is COCc1cc(COC)c(OCCOc2ccc(C(CC(C)C)C(C)(C)C)cc2)c(COC)c1. The summed E-state index contributed by atoms with van der Waals surface area (Å²) >= 11 is 0. The highest BCUT2D eigenvalue weighted by Crippen LogP contribution is 2.40. The van der Waals surface area contributed by atoms with E-state index in [1.54, 1.807) is 21.3 Å². The van der Waals surface area contributed by atoms with Gasteiger partial charge in [0.05, 0.1) is 19.8 Å². The van der Waals surface area contributed by atoms with E-state index >= 15 is 0 Å². The second kappa shape index (κ2) is 13.7. The Kier molecular flexibility index (Phi) is 11.4. The maximum Gasteiger partial charge on any atom is 0.130 e. The molecule has 0 radical (unpaired) electrons. The van der Waals surface area contributed by atoms with Crippen molar-refractivity contribution in [3.05, 3.63) is 58.7 Å². The molecule has 190 valence electrons. The summed E-state index contributed by atoms with van der Waals surface area (Å²) in [5.41, 5.74) is 4.61. The molecule has 0 aliphatic carbocycles. The Balaban J connectivity index is 2.03. The van der Waals surface area contributed by atoms with Crippen LogP contribution in [0, 0.1) is 11.3 Å². The number of hydrogen-bond donors (Lipinski definition) is 0. The quantitative estimate of drug-likeness (QED) is 0.284. The van der Waals surface area contributed by atoms with E-state index in [9.17, 15) is 0 Å². The van der Waals surface area contributed by atoms with Crippen LogP contribution in [0.5, 0.6) is 11.5 Å². The van der Waals surface area contributed by atoms with Gasteiger partial charge < -0.3 is 23.7 Å². The molecule has 0 saturated heterocycles. The highest BCUT2D eigenvalue weighted by molar-refractivity contribution is 5.44. The third-order valence-corrected chi connectivity index (χ3v) is 5.85. The van der Waals surface area contributed by atoms with Gasteiger partial charge in [0, 0.05) is 32.5 Å². The van der Waals surface area contributed by atoms with Gasteiger partial charge in [-0.05, 0) is 59.1 Å². The van der Waals surface area contributed by atoms with Crippen molar-refractivity contribution in [3.63, 3.8) is 0 Å². The average Bonchev–Trinajstić information content (AvgIpc) is 2.77. The average molecular weight is 473 g/mol. The van der Waals surface area contributed by atoms with Crippen LogP contribution in [-0.2, 0) is 34.0 Å². The first kappa shape index (κ1) is 28.2. The summed E-state index contributed by atoms with van der Waals surface area (Å²) in [7, 11) is 5.05. The number of ether oxygens (including phenoxy) is 5. The molecule has 0 spiro atoms. The molecule has 0 fully saturated rings. The van der Waals surface area contributed by atoms with E-state index in [0.717, 1.165) is 28.2 Å². The zero-order chi connectivity index (χ0) is 25.1. The summed E-state index contributed by atoms with van der Waals surface area (Å²) in [6.45, 7) is 13.9. The molecule has 0 amide bonds. The zero-order valence-electron chi connectivity index (χ0n) is 22.4. The molecule has 1 atom stereocenters. The highest BCUT2D eigenvalue weighted by Gasteiger charge is 2.26. The van der Waals surface area contributed by atoms with Gasteiger partial charge in [-0.15, -0.1) is 0 Å². The number of hydrogen-bond acceptors (Lipinski definition) is 5. The summed E-state index contributed by atoms with van der Waals surface area (Å²) in [4.78, 5) is 0. The Morgan fingerprint density at radius 2 is 1.26 bits per heavy atom. The summed E-state index contributed by atoms with van der Waals surface area (Å²) in [6.07, 6.45) is 1.17. The van der Waals surface area contributed by atoms with Crippen LogP contribution in [-0.4, -0.2) is 34.5 Å². The van der Waals surface area contributed by atoms with Gasteiger partial charge in [0.25, 0.3) is 0 Å². The Morgan fingerprint density at radius 1 is 0.735 bits per heavy atom. The van der Waals surface area contributed by atoms with Crippen molar-refractivity contribution in [1.29, 1.82) is 0 Å². The van der Waals surface area contributed by atoms with Crippen LogP contribution in [0.3, 0.4) is 0 Å². The molecule has 0 bridgehead atoms. The molecule has 34 heavy (non-hydrogen) atoms. The standard InChI is InChI=1S/C29H44O5/c1-21(2)15-27(29(3,4)5)23-9-11-26(12-10-23)33-13-14-34-28-24(19-31-7)16-22(18-30-6)17-25(28)20-32-8/h9-12,16-17,21,27H,13-15,18-20H2,1-8H3. The molecule has 2 rings (SSSR count). The third kappa shape index (κ3) is 8.61. The van der Waals surface area contributed by atoms with Crippen molar-refractivity contribution in [3.8, 4) is 11.5 Å². The van der Waals surface area contributed by atoms with Crippen LogP contribution >= 0.6 is 0 Å². The van der Waals surface area contributed by atoms with Crippen LogP contribution in [0.25, 0.3) is 0 Å². The molecule has 5 heteroatoms. The fraction of sp³-hybridized carbons (Fsp3) is 0.586. The fourth-order valence-corrected chi connectivity index (χ4v) is 4.35. The van der Waals surface area contributed by atoms with Crippen molar-refractivity contribution in [1.82, 2.24) is 0 Å². The topological polar surface area (TPSA) is 46.2 Å². The molecule has 0 N–H and O–H groups in total. The van der Waals surface area contributed by atoms with Crippen molar-refractivity contribution >= 4 is 0 Å². The first-order valence-electron chi connectivity index (χ1n) is 12.2. The summed E-state index contributed by atoms with van der Waals surface area (Å²) in [5, 5.41) is 0. The van der Waals surface area contributed by atoms with E-state index in [0.29, 0.717) is 44.9 Å². The summed E-state index contributed by atoms with van der Waals surface area (Å²) < 4.78 is 28.2. The predicted octanol–water partition coefficient (Wildman–Crippen LogP) is 6.76.